The Morgan fingerprint density at radius 2 is 1.85 bits per heavy atom. The number of fused-ring (bicyclic) bond motifs is 1. The van der Waals surface area contributed by atoms with Crippen molar-refractivity contribution < 1.29 is 17.9 Å². The zero-order chi connectivity index (χ0) is 18.2. The van der Waals surface area contributed by atoms with Crippen LogP contribution in [0.2, 0.25) is 0 Å². The zero-order valence-corrected chi connectivity index (χ0v) is 16.3. The van der Waals surface area contributed by atoms with E-state index in [1.165, 1.54) is 11.3 Å². The molecule has 0 radical (unpaired) electrons. The molecule has 0 atom stereocenters. The van der Waals surface area contributed by atoms with Gasteiger partial charge in [-0.05, 0) is 31.9 Å². The third-order valence-corrected chi connectivity index (χ3v) is 7.54. The fourth-order valence-corrected chi connectivity index (χ4v) is 6.06. The third-order valence-electron chi connectivity index (χ3n) is 4.84. The molecule has 1 aliphatic heterocycles. The minimum Gasteiger partial charge on any atom is -0.490 e. The minimum absolute atomic E-state index is 0.196. The van der Waals surface area contributed by atoms with E-state index in [1.807, 2.05) is 12.3 Å². The van der Waals surface area contributed by atoms with Crippen LogP contribution in [0.25, 0.3) is 0 Å². The van der Waals surface area contributed by atoms with Gasteiger partial charge < -0.3 is 9.47 Å². The van der Waals surface area contributed by atoms with E-state index in [0.717, 1.165) is 42.8 Å². The van der Waals surface area contributed by atoms with Crippen molar-refractivity contribution in [2.45, 2.75) is 49.5 Å². The summed E-state index contributed by atoms with van der Waals surface area (Å²) in [7, 11) is -3.71. The number of ether oxygens (including phenoxy) is 2. The van der Waals surface area contributed by atoms with Crippen molar-refractivity contribution in [1.82, 2.24) is 9.71 Å². The largest absolute Gasteiger partial charge is 0.490 e. The summed E-state index contributed by atoms with van der Waals surface area (Å²) in [5.74, 6) is 1.07. The average Bonchev–Trinajstić information content (AvgIpc) is 3.18. The molecule has 26 heavy (non-hydrogen) atoms. The highest BCUT2D eigenvalue weighted by atomic mass is 32.2. The molecule has 0 amide bonds. The molecule has 140 valence electrons. The number of aryl methyl sites for hydroxylation is 1. The van der Waals surface area contributed by atoms with Crippen molar-refractivity contribution >= 4 is 21.4 Å². The topological polar surface area (TPSA) is 77.5 Å². The van der Waals surface area contributed by atoms with E-state index in [0.29, 0.717) is 24.7 Å². The summed E-state index contributed by atoms with van der Waals surface area (Å²) >= 11 is 1.52. The second-order valence-corrected chi connectivity index (χ2v) is 9.39. The molecule has 1 fully saturated rings. The van der Waals surface area contributed by atoms with Crippen LogP contribution < -0.4 is 14.2 Å². The van der Waals surface area contributed by atoms with Gasteiger partial charge in [-0.25, -0.2) is 13.4 Å². The molecule has 4 rings (SSSR count). The maximum absolute atomic E-state index is 13.1. The van der Waals surface area contributed by atoms with E-state index in [1.54, 1.807) is 18.2 Å². The Kier molecular flexibility index (Phi) is 4.66. The molecule has 1 aliphatic carbocycles. The van der Waals surface area contributed by atoms with E-state index < -0.39 is 15.6 Å². The molecule has 0 saturated heterocycles. The van der Waals surface area contributed by atoms with E-state index in [4.69, 9.17) is 9.47 Å². The molecule has 2 heterocycles. The van der Waals surface area contributed by atoms with E-state index in [-0.39, 0.29) is 4.90 Å². The average molecular weight is 395 g/mol. The van der Waals surface area contributed by atoms with Gasteiger partial charge in [0.25, 0.3) is 0 Å². The second kappa shape index (κ2) is 6.83. The van der Waals surface area contributed by atoms with Crippen molar-refractivity contribution in [2.24, 2.45) is 0 Å². The second-order valence-electron chi connectivity index (χ2n) is 6.85. The van der Waals surface area contributed by atoms with Crippen LogP contribution in [0.15, 0.2) is 28.5 Å². The van der Waals surface area contributed by atoms with Gasteiger partial charge in [0, 0.05) is 23.6 Å². The van der Waals surface area contributed by atoms with Crippen molar-refractivity contribution in [3.05, 3.63) is 34.3 Å². The number of thiazole rings is 1. The fraction of sp³-hybridized carbons (Fsp3) is 0.500. The van der Waals surface area contributed by atoms with Crippen LogP contribution in [-0.4, -0.2) is 26.6 Å². The van der Waals surface area contributed by atoms with Crippen molar-refractivity contribution in [3.63, 3.8) is 0 Å². The van der Waals surface area contributed by atoms with Crippen molar-refractivity contribution in [3.8, 4) is 11.5 Å². The van der Waals surface area contributed by atoms with E-state index in [2.05, 4.69) is 9.71 Å². The molecule has 2 aromatic rings. The van der Waals surface area contributed by atoms with Crippen molar-refractivity contribution in [1.29, 1.82) is 0 Å². The SMILES string of the molecule is Cc1csc(C2(NS(=O)(=O)c3ccc4c(c3)OCCCO4)CCCC2)n1. The molecule has 6 nitrogen and oxygen atoms in total. The number of rotatable bonds is 4. The summed E-state index contributed by atoms with van der Waals surface area (Å²) in [6, 6.07) is 4.80. The Balaban J connectivity index is 1.67. The summed E-state index contributed by atoms with van der Waals surface area (Å²) < 4.78 is 40.4. The molecular formula is C18H22N2O4S2. The Bertz CT molecular complexity index is 902. The number of hydrogen-bond acceptors (Lipinski definition) is 6. The van der Waals surface area contributed by atoms with Crippen LogP contribution in [0, 0.1) is 6.92 Å². The molecule has 0 bridgehead atoms. The van der Waals surface area contributed by atoms with Gasteiger partial charge in [0.1, 0.15) is 5.01 Å². The van der Waals surface area contributed by atoms with Crippen LogP contribution >= 0.6 is 11.3 Å². The molecule has 1 aromatic heterocycles. The zero-order valence-electron chi connectivity index (χ0n) is 14.7. The summed E-state index contributed by atoms with van der Waals surface area (Å²) in [6.07, 6.45) is 4.29. The maximum atomic E-state index is 13.1. The summed E-state index contributed by atoms with van der Waals surface area (Å²) in [5, 5.41) is 2.82. The van der Waals surface area contributed by atoms with Gasteiger partial charge in [0.2, 0.25) is 10.0 Å². The van der Waals surface area contributed by atoms with Gasteiger partial charge in [0.05, 0.1) is 23.6 Å². The first-order chi connectivity index (χ1) is 12.5. The van der Waals surface area contributed by atoms with Gasteiger partial charge in [-0.3, -0.25) is 0 Å². The number of sulfonamides is 1. The lowest BCUT2D eigenvalue weighted by molar-refractivity contribution is 0.297. The molecule has 1 aromatic carbocycles. The Morgan fingerprint density at radius 1 is 1.12 bits per heavy atom. The standard InChI is InChI=1S/C18H22N2O4S2/c1-13-12-25-17(19-13)18(7-2-3-8-18)20-26(21,22)14-5-6-15-16(11-14)24-10-4-9-23-15/h5-6,11-12,20H,2-4,7-10H2,1H3. The molecule has 1 saturated carbocycles. The van der Waals surface area contributed by atoms with Crippen LogP contribution in [0.1, 0.15) is 42.8 Å². The van der Waals surface area contributed by atoms with Crippen molar-refractivity contribution in [2.75, 3.05) is 13.2 Å². The highest BCUT2D eigenvalue weighted by Crippen LogP contribution is 2.41. The summed E-state index contributed by atoms with van der Waals surface area (Å²) in [6.45, 7) is 3.02. The smallest absolute Gasteiger partial charge is 0.241 e. The summed E-state index contributed by atoms with van der Waals surface area (Å²) in [5.41, 5.74) is 0.313. The van der Waals surface area contributed by atoms with Crippen LogP contribution in [-0.2, 0) is 15.6 Å². The normalized spacial score (nSPS) is 19.3. The van der Waals surface area contributed by atoms with E-state index in [9.17, 15) is 8.42 Å². The lowest BCUT2D eigenvalue weighted by atomic mass is 10.0. The lowest BCUT2D eigenvalue weighted by Crippen LogP contribution is -2.43. The first kappa shape index (κ1) is 17.8. The monoisotopic (exact) mass is 394 g/mol. The van der Waals surface area contributed by atoms with Gasteiger partial charge in [0.15, 0.2) is 11.5 Å². The van der Waals surface area contributed by atoms with Gasteiger partial charge in [-0.15, -0.1) is 11.3 Å². The van der Waals surface area contributed by atoms with Crippen LogP contribution in [0.5, 0.6) is 11.5 Å². The number of nitrogens with zero attached hydrogens (tertiary/aromatic N) is 1. The molecule has 1 N–H and O–H groups in total. The number of hydrogen-bond donors (Lipinski definition) is 1. The Morgan fingerprint density at radius 3 is 2.54 bits per heavy atom. The molecule has 8 heteroatoms. The number of nitrogens with one attached hydrogen (secondary N) is 1. The molecule has 0 spiro atoms. The van der Waals surface area contributed by atoms with Gasteiger partial charge in [-0.1, -0.05) is 12.8 Å². The quantitative estimate of drug-likeness (QED) is 0.860. The van der Waals surface area contributed by atoms with Gasteiger partial charge in [-0.2, -0.15) is 4.72 Å². The number of benzene rings is 1. The van der Waals surface area contributed by atoms with Gasteiger partial charge >= 0.3 is 0 Å². The summed E-state index contributed by atoms with van der Waals surface area (Å²) in [4.78, 5) is 4.77. The third kappa shape index (κ3) is 3.33. The van der Waals surface area contributed by atoms with Crippen LogP contribution in [0.4, 0.5) is 0 Å². The maximum Gasteiger partial charge on any atom is 0.241 e. The van der Waals surface area contributed by atoms with Crippen LogP contribution in [0.3, 0.4) is 0 Å². The lowest BCUT2D eigenvalue weighted by Gasteiger charge is -2.28. The first-order valence-electron chi connectivity index (χ1n) is 8.85. The predicted octanol–water partition coefficient (Wildman–Crippen LogP) is 3.36. The molecule has 0 unspecified atom stereocenters. The Hall–Kier alpha value is -1.64. The highest BCUT2D eigenvalue weighted by molar-refractivity contribution is 7.89. The number of aromatic nitrogens is 1. The minimum atomic E-state index is -3.71. The molecule has 2 aliphatic rings. The Labute approximate surface area is 157 Å². The fourth-order valence-electron chi connectivity index (χ4n) is 3.54. The highest BCUT2D eigenvalue weighted by Gasteiger charge is 2.42. The predicted molar refractivity (Wildman–Crippen MR) is 99.4 cm³/mol. The van der Waals surface area contributed by atoms with E-state index >= 15 is 0 Å². The first-order valence-corrected chi connectivity index (χ1v) is 11.2. The molecular weight excluding hydrogens is 372 g/mol.